The summed E-state index contributed by atoms with van der Waals surface area (Å²) in [5.41, 5.74) is -0.731. The lowest BCUT2D eigenvalue weighted by molar-refractivity contribution is -0.387. The summed E-state index contributed by atoms with van der Waals surface area (Å²) in [6.07, 6.45) is -5.36. The summed E-state index contributed by atoms with van der Waals surface area (Å²) in [6.45, 7) is 1.10. The van der Waals surface area contributed by atoms with Crippen LogP contribution in [0.3, 0.4) is 0 Å². The van der Waals surface area contributed by atoms with Crippen molar-refractivity contribution in [1.29, 1.82) is 0 Å². The van der Waals surface area contributed by atoms with Crippen molar-refractivity contribution < 1.29 is 22.5 Å². The van der Waals surface area contributed by atoms with E-state index in [0.717, 1.165) is 6.07 Å². The van der Waals surface area contributed by atoms with Gasteiger partial charge in [-0.2, -0.15) is 17.6 Å². The largest absolute Gasteiger partial charge is 0.390 e. The van der Waals surface area contributed by atoms with Crippen molar-refractivity contribution in [2.24, 2.45) is 0 Å². The maximum atomic E-state index is 13.6. The molecule has 0 spiro atoms. The van der Waals surface area contributed by atoms with Gasteiger partial charge in [-0.25, -0.2) is 0 Å². The summed E-state index contributed by atoms with van der Waals surface area (Å²) in [4.78, 5) is 9.62. The molecule has 0 amide bonds. The molecule has 1 atom stereocenters. The molecule has 0 aliphatic heterocycles. The highest BCUT2D eigenvalue weighted by molar-refractivity contribution is 5.36. The molecule has 0 saturated carbocycles. The first kappa shape index (κ1) is 15.4. The third-order valence-electron chi connectivity index (χ3n) is 2.43. The van der Waals surface area contributed by atoms with E-state index in [-0.39, 0.29) is 12.1 Å². The lowest BCUT2D eigenvalue weighted by Crippen LogP contribution is -2.31. The Labute approximate surface area is 106 Å². The van der Waals surface area contributed by atoms with Crippen molar-refractivity contribution in [1.82, 2.24) is 5.32 Å². The Morgan fingerprint density at radius 1 is 1.42 bits per heavy atom. The minimum atomic E-state index is -4.31. The fourth-order valence-electron chi connectivity index (χ4n) is 1.55. The minimum Gasteiger partial charge on any atom is -0.310 e. The number of benzene rings is 1. The molecule has 0 fully saturated rings. The van der Waals surface area contributed by atoms with Crippen molar-refractivity contribution in [3.8, 4) is 0 Å². The van der Waals surface area contributed by atoms with E-state index >= 15 is 0 Å². The molecule has 8 heteroatoms. The maximum absolute atomic E-state index is 13.6. The van der Waals surface area contributed by atoms with Crippen LogP contribution in [0.1, 0.15) is 18.9 Å². The molecular formula is C11H12F4N2O2. The van der Waals surface area contributed by atoms with Gasteiger partial charge in [0.1, 0.15) is 0 Å². The van der Waals surface area contributed by atoms with E-state index in [9.17, 15) is 27.7 Å². The first-order valence-corrected chi connectivity index (χ1v) is 5.42. The summed E-state index contributed by atoms with van der Waals surface area (Å²) >= 11 is 0. The number of alkyl halides is 3. The molecule has 0 bridgehead atoms. The summed E-state index contributed by atoms with van der Waals surface area (Å²) in [6, 6.07) is 2.67. The highest BCUT2D eigenvalue weighted by atomic mass is 19.4. The number of hydrogen-bond donors (Lipinski definition) is 1. The monoisotopic (exact) mass is 280 g/mol. The van der Waals surface area contributed by atoms with Crippen LogP contribution in [-0.2, 0) is 6.54 Å². The number of nitrogens with zero attached hydrogens (tertiary/aromatic N) is 1. The van der Waals surface area contributed by atoms with E-state index in [1.54, 1.807) is 0 Å². The number of nitro groups is 1. The van der Waals surface area contributed by atoms with Gasteiger partial charge >= 0.3 is 11.9 Å². The molecular weight excluding hydrogens is 268 g/mol. The van der Waals surface area contributed by atoms with Gasteiger partial charge in [-0.15, -0.1) is 0 Å². The Kier molecular flexibility index (Phi) is 4.82. The normalized spacial score (nSPS) is 13.3. The van der Waals surface area contributed by atoms with Crippen LogP contribution in [0.4, 0.5) is 23.2 Å². The number of nitrogens with one attached hydrogen (secondary N) is 1. The van der Waals surface area contributed by atoms with Gasteiger partial charge in [-0.05, 0) is 6.92 Å². The zero-order valence-electron chi connectivity index (χ0n) is 10.00. The molecule has 0 saturated heterocycles. The van der Waals surface area contributed by atoms with Crippen LogP contribution in [0.15, 0.2) is 18.2 Å². The number of rotatable bonds is 5. The molecule has 4 nitrogen and oxygen atoms in total. The topological polar surface area (TPSA) is 55.2 Å². The third-order valence-corrected chi connectivity index (χ3v) is 2.43. The average molecular weight is 280 g/mol. The summed E-state index contributed by atoms with van der Waals surface area (Å²) in [7, 11) is 0. The Bertz CT molecular complexity index is 462. The van der Waals surface area contributed by atoms with Crippen molar-refractivity contribution in [2.75, 3.05) is 0 Å². The van der Waals surface area contributed by atoms with Gasteiger partial charge in [0.05, 0.1) is 11.3 Å². The third kappa shape index (κ3) is 4.82. The fourth-order valence-corrected chi connectivity index (χ4v) is 1.55. The van der Waals surface area contributed by atoms with Crippen molar-refractivity contribution in [2.45, 2.75) is 32.1 Å². The van der Waals surface area contributed by atoms with Gasteiger partial charge in [0.15, 0.2) is 0 Å². The lowest BCUT2D eigenvalue weighted by Gasteiger charge is -2.15. The Morgan fingerprint density at radius 2 is 2.05 bits per heavy atom. The second-order valence-corrected chi connectivity index (χ2v) is 4.11. The first-order valence-electron chi connectivity index (χ1n) is 5.42. The second-order valence-electron chi connectivity index (χ2n) is 4.11. The molecule has 1 N–H and O–H groups in total. The highest BCUT2D eigenvalue weighted by Crippen LogP contribution is 2.23. The van der Waals surface area contributed by atoms with Gasteiger partial charge in [-0.3, -0.25) is 10.1 Å². The lowest BCUT2D eigenvalue weighted by atomic mass is 10.1. The van der Waals surface area contributed by atoms with Gasteiger partial charge < -0.3 is 5.32 Å². The van der Waals surface area contributed by atoms with E-state index in [1.807, 2.05) is 0 Å². The van der Waals surface area contributed by atoms with Crippen LogP contribution >= 0.6 is 0 Å². The van der Waals surface area contributed by atoms with Crippen LogP contribution in [0.2, 0.25) is 0 Å². The number of halogens is 4. The molecule has 0 heterocycles. The van der Waals surface area contributed by atoms with Gasteiger partial charge in [0.25, 0.3) is 0 Å². The second kappa shape index (κ2) is 5.96. The van der Waals surface area contributed by atoms with Crippen LogP contribution < -0.4 is 5.32 Å². The molecule has 0 radical (unpaired) electrons. The standard InChI is InChI=1S/C11H12F4N2O2/c1-7(5-11(13,14)15)16-6-8-3-2-4-9(10(8)12)17(18)19/h2-4,7,16H,5-6H2,1H3. The highest BCUT2D eigenvalue weighted by Gasteiger charge is 2.29. The smallest absolute Gasteiger partial charge is 0.310 e. The number of nitro benzene ring substituents is 1. The quantitative estimate of drug-likeness (QED) is 0.512. The number of hydrogen-bond acceptors (Lipinski definition) is 3. The molecule has 0 aliphatic carbocycles. The Morgan fingerprint density at radius 3 is 2.58 bits per heavy atom. The fraction of sp³-hybridized carbons (Fsp3) is 0.455. The van der Waals surface area contributed by atoms with E-state index in [4.69, 9.17) is 0 Å². The van der Waals surface area contributed by atoms with E-state index in [2.05, 4.69) is 5.32 Å². The maximum Gasteiger partial charge on any atom is 0.390 e. The molecule has 1 aromatic carbocycles. The van der Waals surface area contributed by atoms with Crippen molar-refractivity contribution in [3.05, 3.63) is 39.7 Å². The van der Waals surface area contributed by atoms with Crippen LogP contribution in [0.5, 0.6) is 0 Å². The van der Waals surface area contributed by atoms with Gasteiger partial charge in [0.2, 0.25) is 5.82 Å². The summed E-state index contributed by atoms with van der Waals surface area (Å²) < 4.78 is 49.8. The molecule has 1 aromatic rings. The van der Waals surface area contributed by atoms with Crippen LogP contribution in [0.25, 0.3) is 0 Å². The van der Waals surface area contributed by atoms with E-state index in [1.165, 1.54) is 19.1 Å². The average Bonchev–Trinajstić information content (AvgIpc) is 2.24. The van der Waals surface area contributed by atoms with E-state index < -0.39 is 35.1 Å². The van der Waals surface area contributed by atoms with Crippen LogP contribution in [0, 0.1) is 15.9 Å². The van der Waals surface area contributed by atoms with Crippen molar-refractivity contribution in [3.63, 3.8) is 0 Å². The predicted octanol–water partition coefficient (Wildman–Crippen LogP) is 3.16. The first-order chi connectivity index (χ1) is 8.70. The Hall–Kier alpha value is -1.70. The van der Waals surface area contributed by atoms with E-state index in [0.29, 0.717) is 0 Å². The van der Waals surface area contributed by atoms with Gasteiger partial charge in [-0.1, -0.05) is 12.1 Å². The van der Waals surface area contributed by atoms with Crippen molar-refractivity contribution >= 4 is 5.69 Å². The molecule has 0 aromatic heterocycles. The zero-order valence-corrected chi connectivity index (χ0v) is 10.00. The molecule has 1 unspecified atom stereocenters. The SMILES string of the molecule is CC(CC(F)(F)F)NCc1cccc([N+](=O)[O-])c1F. The molecule has 1 rings (SSSR count). The Balaban J connectivity index is 2.68. The zero-order chi connectivity index (χ0) is 14.6. The molecule has 106 valence electrons. The minimum absolute atomic E-state index is 0.0387. The predicted molar refractivity (Wildman–Crippen MR) is 60.0 cm³/mol. The summed E-state index contributed by atoms with van der Waals surface area (Å²) in [5.74, 6) is -1.03. The summed E-state index contributed by atoms with van der Waals surface area (Å²) in [5, 5.41) is 13.0. The molecule has 19 heavy (non-hydrogen) atoms. The van der Waals surface area contributed by atoms with Gasteiger partial charge in [0, 0.05) is 24.2 Å². The van der Waals surface area contributed by atoms with Crippen LogP contribution in [-0.4, -0.2) is 17.1 Å². The molecule has 0 aliphatic rings.